The Morgan fingerprint density at radius 3 is 2.35 bits per heavy atom. The molecule has 0 aliphatic heterocycles. The summed E-state index contributed by atoms with van der Waals surface area (Å²) in [6, 6.07) is 5.28. The first kappa shape index (κ1) is 17.9. The zero-order valence-electron chi connectivity index (χ0n) is 13.9. The Kier molecular flexibility index (Phi) is 5.41. The van der Waals surface area contributed by atoms with Crippen molar-refractivity contribution in [1.82, 2.24) is 9.71 Å². The monoisotopic (exact) mass is 339 g/mol. The summed E-state index contributed by atoms with van der Waals surface area (Å²) in [5, 5.41) is 2.81. The Hall–Kier alpha value is -1.47. The molecule has 1 aromatic heterocycles. The summed E-state index contributed by atoms with van der Waals surface area (Å²) in [7, 11) is -3.34. The van der Waals surface area contributed by atoms with Crippen LogP contribution in [0.2, 0.25) is 0 Å². The summed E-state index contributed by atoms with van der Waals surface area (Å²) in [5.41, 5.74) is 0. The molecule has 1 saturated carbocycles. The second-order valence-corrected chi connectivity index (χ2v) is 9.45. The molecule has 1 amide bonds. The van der Waals surface area contributed by atoms with E-state index in [2.05, 4.69) is 15.0 Å². The standard InChI is InChI=1S/C16H25N3O3S/c1-16(2,3)23(21,22)19-13-9-7-12(8-10-13)15(20)18-14-6-4-5-11-17-14/h4-6,11-13,19H,7-10H2,1-3H3,(H,17,18,20). The largest absolute Gasteiger partial charge is 0.310 e. The van der Waals surface area contributed by atoms with Crippen LogP contribution in [-0.2, 0) is 14.8 Å². The van der Waals surface area contributed by atoms with Crippen LogP contribution >= 0.6 is 0 Å². The molecule has 1 aliphatic rings. The van der Waals surface area contributed by atoms with Gasteiger partial charge in [-0.1, -0.05) is 6.07 Å². The SMILES string of the molecule is CC(C)(C)S(=O)(=O)NC1CCC(C(=O)Nc2ccccn2)CC1. The first-order chi connectivity index (χ1) is 10.7. The number of carbonyl (C=O) groups excluding carboxylic acids is 1. The van der Waals surface area contributed by atoms with E-state index in [1.54, 1.807) is 39.1 Å². The van der Waals surface area contributed by atoms with Crippen LogP contribution < -0.4 is 10.0 Å². The van der Waals surface area contributed by atoms with E-state index in [1.807, 2.05) is 6.07 Å². The average molecular weight is 339 g/mol. The number of anilines is 1. The number of amides is 1. The molecule has 0 unspecified atom stereocenters. The van der Waals surface area contributed by atoms with Gasteiger partial charge in [-0.3, -0.25) is 4.79 Å². The van der Waals surface area contributed by atoms with Crippen LogP contribution in [0.3, 0.4) is 0 Å². The molecule has 1 aromatic rings. The molecule has 23 heavy (non-hydrogen) atoms. The summed E-state index contributed by atoms with van der Waals surface area (Å²) in [4.78, 5) is 16.3. The second kappa shape index (κ2) is 6.97. The minimum absolute atomic E-state index is 0.0409. The van der Waals surface area contributed by atoms with Gasteiger partial charge in [0, 0.05) is 18.2 Å². The van der Waals surface area contributed by atoms with Crippen LogP contribution in [0.4, 0.5) is 5.82 Å². The van der Waals surface area contributed by atoms with Crippen LogP contribution in [-0.4, -0.2) is 30.1 Å². The fraction of sp³-hybridized carbons (Fsp3) is 0.625. The van der Waals surface area contributed by atoms with Gasteiger partial charge in [0.25, 0.3) is 0 Å². The van der Waals surface area contributed by atoms with Crippen molar-refractivity contribution in [2.75, 3.05) is 5.32 Å². The van der Waals surface area contributed by atoms with E-state index in [9.17, 15) is 13.2 Å². The molecule has 0 atom stereocenters. The highest BCUT2D eigenvalue weighted by Gasteiger charge is 2.34. The number of nitrogens with one attached hydrogen (secondary N) is 2. The molecule has 0 radical (unpaired) electrons. The predicted molar refractivity (Wildman–Crippen MR) is 90.4 cm³/mol. The summed E-state index contributed by atoms with van der Waals surface area (Å²) in [6.07, 6.45) is 4.34. The third-order valence-corrected chi connectivity index (χ3v) is 6.40. The number of carbonyl (C=O) groups is 1. The molecular formula is C16H25N3O3S. The van der Waals surface area contributed by atoms with Gasteiger partial charge in [0.2, 0.25) is 15.9 Å². The van der Waals surface area contributed by atoms with E-state index in [1.165, 1.54) is 0 Å². The highest BCUT2D eigenvalue weighted by molar-refractivity contribution is 7.90. The lowest BCUT2D eigenvalue weighted by molar-refractivity contribution is -0.120. The molecule has 0 bridgehead atoms. The molecule has 2 rings (SSSR count). The molecule has 7 heteroatoms. The van der Waals surface area contributed by atoms with E-state index < -0.39 is 14.8 Å². The zero-order valence-corrected chi connectivity index (χ0v) is 14.7. The maximum absolute atomic E-state index is 12.2. The lowest BCUT2D eigenvalue weighted by atomic mass is 9.86. The smallest absolute Gasteiger partial charge is 0.228 e. The van der Waals surface area contributed by atoms with E-state index >= 15 is 0 Å². The number of hydrogen-bond donors (Lipinski definition) is 2. The fourth-order valence-electron chi connectivity index (χ4n) is 2.53. The van der Waals surface area contributed by atoms with E-state index in [4.69, 9.17) is 0 Å². The van der Waals surface area contributed by atoms with Crippen molar-refractivity contribution in [2.24, 2.45) is 5.92 Å². The topological polar surface area (TPSA) is 88.2 Å². The van der Waals surface area contributed by atoms with Gasteiger partial charge in [-0.2, -0.15) is 0 Å². The van der Waals surface area contributed by atoms with Crippen molar-refractivity contribution in [3.05, 3.63) is 24.4 Å². The Morgan fingerprint density at radius 2 is 1.83 bits per heavy atom. The molecule has 0 saturated heterocycles. The van der Waals surface area contributed by atoms with Crippen molar-refractivity contribution < 1.29 is 13.2 Å². The van der Waals surface area contributed by atoms with Crippen LogP contribution in [0.1, 0.15) is 46.5 Å². The number of aromatic nitrogens is 1. The number of hydrogen-bond acceptors (Lipinski definition) is 4. The van der Waals surface area contributed by atoms with Gasteiger partial charge in [-0.15, -0.1) is 0 Å². The Balaban J connectivity index is 1.85. The summed E-state index contributed by atoms with van der Waals surface area (Å²) in [5.74, 6) is 0.418. The van der Waals surface area contributed by atoms with Crippen molar-refractivity contribution >= 4 is 21.7 Å². The van der Waals surface area contributed by atoms with E-state index in [-0.39, 0.29) is 17.9 Å². The minimum atomic E-state index is -3.34. The molecule has 128 valence electrons. The van der Waals surface area contributed by atoms with Crippen molar-refractivity contribution in [3.63, 3.8) is 0 Å². The maximum atomic E-state index is 12.2. The van der Waals surface area contributed by atoms with Gasteiger partial charge in [0.1, 0.15) is 5.82 Å². The van der Waals surface area contributed by atoms with Crippen LogP contribution in [0.25, 0.3) is 0 Å². The molecule has 1 fully saturated rings. The van der Waals surface area contributed by atoms with Crippen LogP contribution in [0.5, 0.6) is 0 Å². The summed E-state index contributed by atoms with van der Waals surface area (Å²) < 4.78 is 26.3. The maximum Gasteiger partial charge on any atom is 0.228 e. The quantitative estimate of drug-likeness (QED) is 0.881. The highest BCUT2D eigenvalue weighted by atomic mass is 32.2. The van der Waals surface area contributed by atoms with Gasteiger partial charge >= 0.3 is 0 Å². The average Bonchev–Trinajstić information content (AvgIpc) is 2.47. The zero-order chi connectivity index (χ0) is 17.1. The molecule has 2 N–H and O–H groups in total. The molecule has 1 aliphatic carbocycles. The minimum Gasteiger partial charge on any atom is -0.310 e. The second-order valence-electron chi connectivity index (χ2n) is 6.99. The van der Waals surface area contributed by atoms with Crippen molar-refractivity contribution in [2.45, 2.75) is 57.2 Å². The first-order valence-corrected chi connectivity index (χ1v) is 9.41. The predicted octanol–water partition coefficient (Wildman–Crippen LogP) is 2.30. The van der Waals surface area contributed by atoms with Crippen molar-refractivity contribution in [1.29, 1.82) is 0 Å². The molecular weight excluding hydrogens is 314 g/mol. The normalized spacial score (nSPS) is 22.6. The summed E-state index contributed by atoms with van der Waals surface area (Å²) >= 11 is 0. The third-order valence-electron chi connectivity index (χ3n) is 4.14. The Bertz CT molecular complexity index is 630. The lowest BCUT2D eigenvalue weighted by Crippen LogP contribution is -2.46. The Labute approximate surface area is 138 Å². The number of sulfonamides is 1. The number of rotatable bonds is 4. The Morgan fingerprint density at radius 1 is 1.17 bits per heavy atom. The summed E-state index contributed by atoms with van der Waals surface area (Å²) in [6.45, 7) is 5.05. The molecule has 0 spiro atoms. The molecule has 0 aromatic carbocycles. The molecule has 1 heterocycles. The van der Waals surface area contributed by atoms with Gasteiger partial charge in [0.05, 0.1) is 4.75 Å². The first-order valence-electron chi connectivity index (χ1n) is 7.93. The van der Waals surface area contributed by atoms with Crippen LogP contribution in [0, 0.1) is 5.92 Å². The molecule has 6 nitrogen and oxygen atoms in total. The van der Waals surface area contributed by atoms with Gasteiger partial charge < -0.3 is 5.32 Å². The third kappa shape index (κ3) is 4.75. The number of pyridine rings is 1. The van der Waals surface area contributed by atoms with E-state index in [0.717, 1.165) is 0 Å². The van der Waals surface area contributed by atoms with Gasteiger partial charge in [0.15, 0.2) is 0 Å². The lowest BCUT2D eigenvalue weighted by Gasteiger charge is -2.30. The van der Waals surface area contributed by atoms with Gasteiger partial charge in [-0.25, -0.2) is 18.1 Å². The fourth-order valence-corrected chi connectivity index (χ4v) is 3.56. The number of nitrogens with zero attached hydrogens (tertiary/aromatic N) is 1. The van der Waals surface area contributed by atoms with Crippen LogP contribution in [0.15, 0.2) is 24.4 Å². The van der Waals surface area contributed by atoms with E-state index in [0.29, 0.717) is 31.5 Å². The highest BCUT2D eigenvalue weighted by Crippen LogP contribution is 2.27. The van der Waals surface area contributed by atoms with Gasteiger partial charge in [-0.05, 0) is 58.6 Å². The van der Waals surface area contributed by atoms with Crippen molar-refractivity contribution in [3.8, 4) is 0 Å².